The molecule has 0 aliphatic carbocycles. The van der Waals surface area contributed by atoms with Crippen LogP contribution in [-0.4, -0.2) is 37.7 Å². The van der Waals surface area contributed by atoms with Gasteiger partial charge in [-0.15, -0.1) is 0 Å². The molecule has 17 heavy (non-hydrogen) atoms. The number of nitrogen functional groups attached to an aromatic ring is 1. The fraction of sp³-hybridized carbons (Fsp3) is 0.538. The fourth-order valence-corrected chi connectivity index (χ4v) is 2.08. The summed E-state index contributed by atoms with van der Waals surface area (Å²) >= 11 is 0. The highest BCUT2D eigenvalue weighted by atomic mass is 16.5. The monoisotopic (exact) mass is 235 g/mol. The summed E-state index contributed by atoms with van der Waals surface area (Å²) in [5, 5.41) is 3.25. The van der Waals surface area contributed by atoms with Gasteiger partial charge in [-0.3, -0.25) is 4.90 Å². The third-order valence-corrected chi connectivity index (χ3v) is 2.99. The van der Waals surface area contributed by atoms with Crippen molar-refractivity contribution in [3.63, 3.8) is 0 Å². The van der Waals surface area contributed by atoms with E-state index in [0.29, 0.717) is 0 Å². The summed E-state index contributed by atoms with van der Waals surface area (Å²) in [5.74, 6) is 0. The minimum absolute atomic E-state index is 0.831. The molecule has 0 unspecified atom stereocenters. The van der Waals surface area contributed by atoms with Gasteiger partial charge in [-0.2, -0.15) is 0 Å². The molecule has 1 fully saturated rings. The summed E-state index contributed by atoms with van der Waals surface area (Å²) in [6.07, 6.45) is 0. The maximum absolute atomic E-state index is 6.01. The zero-order valence-corrected chi connectivity index (χ0v) is 10.4. The number of rotatable bonds is 4. The topological polar surface area (TPSA) is 50.5 Å². The smallest absolute Gasteiger partial charge is 0.0594 e. The molecule has 4 nitrogen and oxygen atoms in total. The summed E-state index contributed by atoms with van der Waals surface area (Å²) < 4.78 is 5.34. The molecule has 0 atom stereocenters. The first-order valence-corrected chi connectivity index (χ1v) is 6.22. The van der Waals surface area contributed by atoms with Crippen LogP contribution in [0.3, 0.4) is 0 Å². The molecule has 1 aliphatic rings. The largest absolute Gasteiger partial charge is 0.397 e. The van der Waals surface area contributed by atoms with Gasteiger partial charge in [-0.05, 0) is 24.6 Å². The Kier molecular flexibility index (Phi) is 4.23. The molecule has 3 N–H and O–H groups in total. The standard InChI is InChI=1S/C13H21N3O/c1-2-15-13-4-3-11(9-12(13)14)10-16-5-7-17-8-6-16/h3-4,9,15H,2,5-8,10,14H2,1H3. The zero-order valence-electron chi connectivity index (χ0n) is 10.4. The minimum atomic E-state index is 0.831. The lowest BCUT2D eigenvalue weighted by Crippen LogP contribution is -2.35. The van der Waals surface area contributed by atoms with Crippen molar-refractivity contribution in [3.8, 4) is 0 Å². The second-order valence-electron chi connectivity index (χ2n) is 4.34. The third kappa shape index (κ3) is 3.35. The van der Waals surface area contributed by atoms with E-state index in [4.69, 9.17) is 10.5 Å². The van der Waals surface area contributed by atoms with Crippen LogP contribution >= 0.6 is 0 Å². The SMILES string of the molecule is CCNc1ccc(CN2CCOCC2)cc1N. The van der Waals surface area contributed by atoms with Crippen molar-refractivity contribution in [3.05, 3.63) is 23.8 Å². The predicted molar refractivity (Wildman–Crippen MR) is 71.1 cm³/mol. The Morgan fingerprint density at radius 1 is 1.35 bits per heavy atom. The quantitative estimate of drug-likeness (QED) is 0.777. The average molecular weight is 235 g/mol. The molecule has 0 spiro atoms. The average Bonchev–Trinajstić information content (AvgIpc) is 2.34. The first kappa shape index (κ1) is 12.2. The Balaban J connectivity index is 1.98. The Morgan fingerprint density at radius 2 is 2.12 bits per heavy atom. The lowest BCUT2D eigenvalue weighted by Gasteiger charge is -2.26. The molecule has 4 heteroatoms. The highest BCUT2D eigenvalue weighted by Gasteiger charge is 2.11. The number of nitrogens with two attached hydrogens (primary N) is 1. The molecule has 1 aromatic carbocycles. The van der Waals surface area contributed by atoms with E-state index in [-0.39, 0.29) is 0 Å². The van der Waals surface area contributed by atoms with Crippen LogP contribution < -0.4 is 11.1 Å². The summed E-state index contributed by atoms with van der Waals surface area (Å²) in [6.45, 7) is 7.62. The molecule has 0 aromatic heterocycles. The van der Waals surface area contributed by atoms with Gasteiger partial charge in [0.05, 0.1) is 24.6 Å². The van der Waals surface area contributed by atoms with E-state index >= 15 is 0 Å². The van der Waals surface area contributed by atoms with Gasteiger partial charge in [0.25, 0.3) is 0 Å². The van der Waals surface area contributed by atoms with E-state index in [1.165, 1.54) is 5.56 Å². The number of ether oxygens (including phenoxy) is 1. The summed E-state index contributed by atoms with van der Waals surface area (Å²) in [6, 6.07) is 6.27. The number of anilines is 2. The number of benzene rings is 1. The Labute approximate surface area is 103 Å². The number of morpholine rings is 1. The van der Waals surface area contributed by atoms with Gasteiger partial charge in [-0.25, -0.2) is 0 Å². The van der Waals surface area contributed by atoms with Crippen molar-refractivity contribution in [2.24, 2.45) is 0 Å². The molecule has 1 aromatic rings. The van der Waals surface area contributed by atoms with Crippen molar-refractivity contribution < 1.29 is 4.74 Å². The molecule has 1 aliphatic heterocycles. The van der Waals surface area contributed by atoms with Crippen LogP contribution in [0.5, 0.6) is 0 Å². The predicted octanol–water partition coefficient (Wildman–Crippen LogP) is 1.53. The van der Waals surface area contributed by atoms with Gasteiger partial charge in [-0.1, -0.05) is 6.07 Å². The fourth-order valence-electron chi connectivity index (χ4n) is 2.08. The Morgan fingerprint density at radius 3 is 2.76 bits per heavy atom. The van der Waals surface area contributed by atoms with Crippen LogP contribution in [0.15, 0.2) is 18.2 Å². The summed E-state index contributed by atoms with van der Waals surface area (Å²) in [4.78, 5) is 2.39. The molecule has 0 bridgehead atoms. The van der Waals surface area contributed by atoms with Gasteiger partial charge in [0, 0.05) is 26.2 Å². The van der Waals surface area contributed by atoms with E-state index in [9.17, 15) is 0 Å². The van der Waals surface area contributed by atoms with Crippen LogP contribution in [0.2, 0.25) is 0 Å². The molecular formula is C13H21N3O. The second kappa shape index (κ2) is 5.89. The van der Waals surface area contributed by atoms with Gasteiger partial charge in [0.15, 0.2) is 0 Å². The van der Waals surface area contributed by atoms with Crippen molar-refractivity contribution in [2.45, 2.75) is 13.5 Å². The molecular weight excluding hydrogens is 214 g/mol. The zero-order chi connectivity index (χ0) is 12.1. The molecule has 0 saturated carbocycles. The molecule has 94 valence electrons. The van der Waals surface area contributed by atoms with Crippen molar-refractivity contribution in [1.29, 1.82) is 0 Å². The van der Waals surface area contributed by atoms with Crippen molar-refractivity contribution in [2.75, 3.05) is 43.9 Å². The molecule has 1 saturated heterocycles. The Hall–Kier alpha value is -1.26. The van der Waals surface area contributed by atoms with Crippen LogP contribution in [0.1, 0.15) is 12.5 Å². The Bertz CT molecular complexity index is 362. The maximum atomic E-state index is 6.01. The van der Waals surface area contributed by atoms with E-state index in [2.05, 4.69) is 35.3 Å². The molecule has 0 amide bonds. The van der Waals surface area contributed by atoms with Gasteiger partial charge >= 0.3 is 0 Å². The van der Waals surface area contributed by atoms with E-state index < -0.39 is 0 Å². The third-order valence-electron chi connectivity index (χ3n) is 2.99. The van der Waals surface area contributed by atoms with Crippen LogP contribution in [0, 0.1) is 0 Å². The minimum Gasteiger partial charge on any atom is -0.397 e. The lowest BCUT2D eigenvalue weighted by atomic mass is 10.1. The number of hydrogen-bond acceptors (Lipinski definition) is 4. The normalized spacial score (nSPS) is 17.0. The van der Waals surface area contributed by atoms with Gasteiger partial charge in [0.1, 0.15) is 0 Å². The number of hydrogen-bond donors (Lipinski definition) is 2. The van der Waals surface area contributed by atoms with Crippen LogP contribution in [-0.2, 0) is 11.3 Å². The van der Waals surface area contributed by atoms with E-state index in [0.717, 1.165) is 50.8 Å². The molecule has 2 rings (SSSR count). The molecule has 0 radical (unpaired) electrons. The highest BCUT2D eigenvalue weighted by Crippen LogP contribution is 2.20. The highest BCUT2D eigenvalue weighted by molar-refractivity contribution is 5.66. The lowest BCUT2D eigenvalue weighted by molar-refractivity contribution is 0.0342. The van der Waals surface area contributed by atoms with Crippen LogP contribution in [0.4, 0.5) is 11.4 Å². The van der Waals surface area contributed by atoms with E-state index in [1.807, 2.05) is 0 Å². The number of nitrogens with zero attached hydrogens (tertiary/aromatic N) is 1. The summed E-state index contributed by atoms with van der Waals surface area (Å²) in [5.41, 5.74) is 9.13. The number of nitrogens with one attached hydrogen (secondary N) is 1. The van der Waals surface area contributed by atoms with E-state index in [1.54, 1.807) is 0 Å². The second-order valence-corrected chi connectivity index (χ2v) is 4.34. The van der Waals surface area contributed by atoms with Crippen molar-refractivity contribution >= 4 is 11.4 Å². The summed E-state index contributed by atoms with van der Waals surface area (Å²) in [7, 11) is 0. The van der Waals surface area contributed by atoms with Crippen LogP contribution in [0.25, 0.3) is 0 Å². The maximum Gasteiger partial charge on any atom is 0.0594 e. The van der Waals surface area contributed by atoms with Gasteiger partial charge < -0.3 is 15.8 Å². The van der Waals surface area contributed by atoms with Crippen molar-refractivity contribution in [1.82, 2.24) is 4.90 Å². The van der Waals surface area contributed by atoms with Gasteiger partial charge in [0.2, 0.25) is 0 Å². The molecule has 1 heterocycles. The first-order valence-electron chi connectivity index (χ1n) is 6.22. The first-order chi connectivity index (χ1) is 8.29.